The number of nitrogens with one attached hydrogen (secondary N) is 1. The van der Waals surface area contributed by atoms with Gasteiger partial charge in [0, 0.05) is 36.2 Å². The summed E-state index contributed by atoms with van der Waals surface area (Å²) in [6.45, 7) is 8.30. The molecule has 0 saturated carbocycles. The molecule has 1 N–H and O–H groups in total. The van der Waals surface area contributed by atoms with Crippen molar-refractivity contribution >= 4 is 39.2 Å². The summed E-state index contributed by atoms with van der Waals surface area (Å²) in [4.78, 5) is 33.3. The Kier molecular flexibility index (Phi) is 6.76. The summed E-state index contributed by atoms with van der Waals surface area (Å²) >= 11 is 1.28. The summed E-state index contributed by atoms with van der Waals surface area (Å²) in [6, 6.07) is 7.60. The fraction of sp³-hybridized carbons (Fsp3) is 0.435. The van der Waals surface area contributed by atoms with E-state index in [0.717, 1.165) is 53.1 Å². The van der Waals surface area contributed by atoms with Crippen LogP contribution < -0.4 is 5.32 Å². The van der Waals surface area contributed by atoms with Gasteiger partial charge in [0.15, 0.2) is 6.10 Å². The number of hydrogen-bond acceptors (Lipinski definition) is 8. The molecular formula is C23H27N5O3S. The minimum absolute atomic E-state index is 0.350. The van der Waals surface area contributed by atoms with E-state index >= 15 is 0 Å². The molecule has 3 heterocycles. The van der Waals surface area contributed by atoms with Crippen molar-refractivity contribution in [2.24, 2.45) is 0 Å². The summed E-state index contributed by atoms with van der Waals surface area (Å²) in [7, 11) is 0. The quantitative estimate of drug-likeness (QED) is 0.544. The normalized spacial score (nSPS) is 14.7. The molecular weight excluding hydrogens is 426 g/mol. The molecule has 1 atom stereocenters. The van der Waals surface area contributed by atoms with Crippen molar-refractivity contribution in [3.63, 3.8) is 0 Å². The summed E-state index contributed by atoms with van der Waals surface area (Å²) < 4.78 is 5.76. The smallest absolute Gasteiger partial charge is 0.340 e. The van der Waals surface area contributed by atoms with Crippen molar-refractivity contribution in [3.8, 4) is 0 Å². The van der Waals surface area contributed by atoms with Crippen molar-refractivity contribution in [2.75, 3.05) is 18.4 Å². The zero-order valence-corrected chi connectivity index (χ0v) is 19.4. The molecule has 2 aromatic heterocycles. The van der Waals surface area contributed by atoms with Crippen molar-refractivity contribution < 1.29 is 14.3 Å². The number of benzene rings is 1. The molecule has 1 aliphatic rings. The van der Waals surface area contributed by atoms with E-state index < -0.39 is 18.0 Å². The topological polar surface area (TPSA) is 97.3 Å². The van der Waals surface area contributed by atoms with Gasteiger partial charge in [-0.2, -0.15) is 0 Å². The predicted octanol–water partition coefficient (Wildman–Crippen LogP) is 3.74. The van der Waals surface area contributed by atoms with Crippen LogP contribution in [-0.4, -0.2) is 51.2 Å². The van der Waals surface area contributed by atoms with Crippen LogP contribution in [0.4, 0.5) is 5.13 Å². The Morgan fingerprint density at radius 3 is 2.78 bits per heavy atom. The molecule has 9 heteroatoms. The molecule has 0 saturated heterocycles. The molecule has 0 bridgehead atoms. The van der Waals surface area contributed by atoms with Crippen molar-refractivity contribution in [1.29, 1.82) is 0 Å². The van der Waals surface area contributed by atoms with Gasteiger partial charge in [0.2, 0.25) is 5.13 Å². The summed E-state index contributed by atoms with van der Waals surface area (Å²) in [5.41, 5.74) is 3.13. The van der Waals surface area contributed by atoms with Crippen molar-refractivity contribution in [3.05, 3.63) is 46.1 Å². The van der Waals surface area contributed by atoms with Crippen LogP contribution in [0.25, 0.3) is 10.9 Å². The van der Waals surface area contributed by atoms with Gasteiger partial charge in [-0.15, -0.1) is 10.2 Å². The number of carbonyl (C=O) groups excluding carboxylic acids is 2. The molecule has 4 rings (SSSR count). The number of rotatable bonds is 7. The van der Waals surface area contributed by atoms with Gasteiger partial charge in [-0.1, -0.05) is 43.4 Å². The number of carbonyl (C=O) groups is 2. The summed E-state index contributed by atoms with van der Waals surface area (Å²) in [6.07, 6.45) is 1.25. The molecule has 0 aliphatic carbocycles. The maximum Gasteiger partial charge on any atom is 0.340 e. The van der Waals surface area contributed by atoms with E-state index in [0.29, 0.717) is 23.7 Å². The van der Waals surface area contributed by atoms with Gasteiger partial charge in [0.1, 0.15) is 5.01 Å². The lowest BCUT2D eigenvalue weighted by Gasteiger charge is -2.29. The average molecular weight is 454 g/mol. The third-order valence-electron chi connectivity index (χ3n) is 5.54. The summed E-state index contributed by atoms with van der Waals surface area (Å²) in [5.74, 6) is -0.898. The highest BCUT2D eigenvalue weighted by atomic mass is 32.1. The van der Waals surface area contributed by atoms with Crippen LogP contribution in [0.15, 0.2) is 24.3 Å². The first-order valence-electron chi connectivity index (χ1n) is 10.9. The highest BCUT2D eigenvalue weighted by molar-refractivity contribution is 7.15. The van der Waals surface area contributed by atoms with E-state index in [9.17, 15) is 9.59 Å². The van der Waals surface area contributed by atoms with Crippen LogP contribution in [0.1, 0.15) is 53.3 Å². The number of fused-ring (bicyclic) bond motifs is 2. The lowest BCUT2D eigenvalue weighted by atomic mass is 9.95. The van der Waals surface area contributed by atoms with Crippen molar-refractivity contribution in [1.82, 2.24) is 20.1 Å². The number of amides is 1. The Hall–Kier alpha value is -2.91. The molecule has 0 radical (unpaired) electrons. The lowest BCUT2D eigenvalue weighted by molar-refractivity contribution is -0.124. The Bertz CT molecular complexity index is 1150. The number of para-hydroxylation sites is 1. The zero-order chi connectivity index (χ0) is 22.7. The predicted molar refractivity (Wildman–Crippen MR) is 124 cm³/mol. The first-order chi connectivity index (χ1) is 15.5. The highest BCUT2D eigenvalue weighted by Gasteiger charge is 2.29. The molecule has 1 aromatic carbocycles. The van der Waals surface area contributed by atoms with Crippen LogP contribution in [-0.2, 0) is 22.5 Å². The summed E-state index contributed by atoms with van der Waals surface area (Å²) in [5, 5.41) is 12.4. The van der Waals surface area contributed by atoms with Gasteiger partial charge < -0.3 is 4.74 Å². The number of aryl methyl sites for hydroxylation is 1. The van der Waals surface area contributed by atoms with Gasteiger partial charge >= 0.3 is 5.97 Å². The highest BCUT2D eigenvalue weighted by Crippen LogP contribution is 2.29. The van der Waals surface area contributed by atoms with Crippen LogP contribution >= 0.6 is 11.3 Å². The Morgan fingerprint density at radius 1 is 1.25 bits per heavy atom. The Labute approximate surface area is 191 Å². The number of nitrogens with zero attached hydrogens (tertiary/aromatic N) is 4. The Morgan fingerprint density at radius 2 is 2.06 bits per heavy atom. The average Bonchev–Trinajstić information content (AvgIpc) is 3.20. The number of anilines is 1. The van der Waals surface area contributed by atoms with Crippen LogP contribution in [0.3, 0.4) is 0 Å². The second-order valence-corrected chi connectivity index (χ2v) is 9.05. The molecule has 8 nitrogen and oxygen atoms in total. The van der Waals surface area contributed by atoms with E-state index in [1.165, 1.54) is 11.3 Å². The fourth-order valence-electron chi connectivity index (χ4n) is 4.03. The van der Waals surface area contributed by atoms with Gasteiger partial charge in [-0.05, 0) is 32.4 Å². The van der Waals surface area contributed by atoms with Gasteiger partial charge in [0.25, 0.3) is 5.91 Å². The third kappa shape index (κ3) is 4.63. The molecule has 168 valence electrons. The van der Waals surface area contributed by atoms with E-state index in [4.69, 9.17) is 9.72 Å². The van der Waals surface area contributed by atoms with E-state index in [1.54, 1.807) is 0 Å². The van der Waals surface area contributed by atoms with Crippen LogP contribution in [0.2, 0.25) is 0 Å². The molecule has 0 fully saturated rings. The van der Waals surface area contributed by atoms with E-state index in [-0.39, 0.29) is 0 Å². The number of hydrogen-bond donors (Lipinski definition) is 1. The standard InChI is InChI=1S/C23H27N5O3S/c1-4-11-28-12-10-18-16(13-28)20(15-8-6-7-9-17(15)24-18)22(30)31-19(5-2)21(29)25-23-27-26-14(3)32-23/h6-9,19H,4-5,10-13H2,1-3H3,(H,25,27,29). The molecule has 0 spiro atoms. The van der Waals surface area contributed by atoms with Crippen LogP contribution in [0, 0.1) is 6.92 Å². The maximum atomic E-state index is 13.5. The first kappa shape index (κ1) is 22.3. The first-order valence-corrected chi connectivity index (χ1v) is 11.8. The largest absolute Gasteiger partial charge is 0.449 e. The third-order valence-corrected chi connectivity index (χ3v) is 6.29. The molecule has 1 unspecified atom stereocenters. The maximum absolute atomic E-state index is 13.5. The minimum Gasteiger partial charge on any atom is -0.449 e. The number of aromatic nitrogens is 3. The van der Waals surface area contributed by atoms with Gasteiger partial charge in [-0.3, -0.25) is 20.0 Å². The number of ether oxygens (including phenoxy) is 1. The molecule has 3 aromatic rings. The monoisotopic (exact) mass is 453 g/mol. The molecule has 32 heavy (non-hydrogen) atoms. The second kappa shape index (κ2) is 9.70. The SMILES string of the molecule is CCCN1CCc2nc3ccccc3c(C(=O)OC(CC)C(=O)Nc3nnc(C)s3)c2C1. The number of esters is 1. The van der Waals surface area contributed by atoms with Gasteiger partial charge in [-0.25, -0.2) is 4.79 Å². The minimum atomic E-state index is -0.926. The van der Waals surface area contributed by atoms with Crippen molar-refractivity contribution in [2.45, 2.75) is 52.7 Å². The van der Waals surface area contributed by atoms with E-state index in [2.05, 4.69) is 27.3 Å². The fourth-order valence-corrected chi connectivity index (χ4v) is 4.62. The van der Waals surface area contributed by atoms with E-state index in [1.807, 2.05) is 38.1 Å². The Balaban J connectivity index is 1.64. The second-order valence-electron chi connectivity index (χ2n) is 7.87. The molecule has 1 amide bonds. The number of pyridine rings is 1. The van der Waals surface area contributed by atoms with Crippen LogP contribution in [0.5, 0.6) is 0 Å². The zero-order valence-electron chi connectivity index (χ0n) is 18.6. The van der Waals surface area contributed by atoms with Gasteiger partial charge in [0.05, 0.1) is 11.1 Å². The lowest BCUT2D eigenvalue weighted by Crippen LogP contribution is -2.35. The molecule has 1 aliphatic heterocycles.